The van der Waals surface area contributed by atoms with E-state index >= 15 is 0 Å². The van der Waals surface area contributed by atoms with Crippen LogP contribution >= 0.6 is 0 Å². The fraction of sp³-hybridized carbons (Fsp3) is 0.523. The maximum atomic E-state index is 14.8. The summed E-state index contributed by atoms with van der Waals surface area (Å²) in [6.45, 7) is 10.7. The van der Waals surface area contributed by atoms with E-state index in [-0.39, 0.29) is 29.0 Å². The Labute approximate surface area is 308 Å². The molecule has 4 fully saturated rings. The Bertz CT molecular complexity index is 1930. The molecule has 0 spiro atoms. The van der Waals surface area contributed by atoms with Gasteiger partial charge in [0.25, 0.3) is 0 Å². The van der Waals surface area contributed by atoms with Crippen LogP contribution in [0.25, 0.3) is 11.0 Å². The van der Waals surface area contributed by atoms with Gasteiger partial charge in [0, 0.05) is 42.8 Å². The van der Waals surface area contributed by atoms with Crippen LogP contribution in [0.4, 0.5) is 10.1 Å². The number of carbonyl (C=O) groups excluding carboxylic acids is 2. The van der Waals surface area contributed by atoms with Crippen LogP contribution in [0.1, 0.15) is 96.0 Å². The zero-order valence-corrected chi connectivity index (χ0v) is 31.3. The van der Waals surface area contributed by atoms with E-state index < -0.39 is 10.8 Å². The minimum atomic E-state index is -0.646. The first kappa shape index (κ1) is 35.0. The summed E-state index contributed by atoms with van der Waals surface area (Å²) in [7, 11) is 0. The number of anilines is 1. The second-order valence-corrected chi connectivity index (χ2v) is 17.1. The summed E-state index contributed by atoms with van der Waals surface area (Å²) in [6, 6.07) is 26.8. The SMILES string of the molecule is Cc1nc2ccccc2n1C1C[C@H]2CC[C@@H](C1)N2CCC1(c2cccc(F)c2)CCN(C(=O)C2(C)CCC(C(=O)Nc3ccccc3)C2(C)C)CC1. The molecule has 7 nitrogen and oxygen atoms in total. The van der Waals surface area contributed by atoms with Gasteiger partial charge in [-0.1, -0.05) is 63.2 Å². The summed E-state index contributed by atoms with van der Waals surface area (Å²) >= 11 is 0. The number of hydrogen-bond acceptors (Lipinski definition) is 4. The third-order valence-electron chi connectivity index (χ3n) is 14.3. The number of likely N-dealkylation sites (tertiary alicyclic amines) is 1. The van der Waals surface area contributed by atoms with Gasteiger partial charge in [0.05, 0.1) is 16.4 Å². The molecule has 1 saturated carbocycles. The van der Waals surface area contributed by atoms with Crippen LogP contribution in [0, 0.1) is 29.5 Å². The van der Waals surface area contributed by atoms with Crippen molar-refractivity contribution in [2.24, 2.45) is 16.7 Å². The Morgan fingerprint density at radius 2 is 1.54 bits per heavy atom. The minimum absolute atomic E-state index is 0.0111. The number of benzene rings is 3. The van der Waals surface area contributed by atoms with Crippen molar-refractivity contribution in [3.8, 4) is 0 Å². The number of aromatic nitrogens is 2. The highest BCUT2D eigenvalue weighted by Gasteiger charge is 2.59. The van der Waals surface area contributed by atoms with E-state index in [1.807, 2.05) is 36.4 Å². The highest BCUT2D eigenvalue weighted by molar-refractivity contribution is 5.95. The van der Waals surface area contributed by atoms with Crippen molar-refractivity contribution < 1.29 is 14.0 Å². The van der Waals surface area contributed by atoms with Crippen LogP contribution in [-0.4, -0.2) is 62.9 Å². The average molecular weight is 704 g/mol. The predicted octanol–water partition coefficient (Wildman–Crippen LogP) is 8.68. The molecule has 3 aromatic carbocycles. The van der Waals surface area contributed by atoms with Crippen LogP contribution in [-0.2, 0) is 15.0 Å². The van der Waals surface area contributed by atoms with E-state index in [1.54, 1.807) is 6.07 Å². The van der Waals surface area contributed by atoms with Gasteiger partial charge in [-0.15, -0.1) is 0 Å². The van der Waals surface area contributed by atoms with E-state index in [2.05, 4.69) is 77.7 Å². The lowest BCUT2D eigenvalue weighted by atomic mass is 9.64. The number of rotatable bonds is 8. The summed E-state index contributed by atoms with van der Waals surface area (Å²) in [5.74, 6) is 0.796. The first-order chi connectivity index (χ1) is 25.0. The molecule has 8 rings (SSSR count). The minimum Gasteiger partial charge on any atom is -0.342 e. The maximum absolute atomic E-state index is 14.8. The normalized spacial score (nSPS) is 28.3. The Kier molecular flexibility index (Phi) is 9.04. The lowest BCUT2D eigenvalue weighted by Gasteiger charge is -2.48. The van der Waals surface area contributed by atoms with Crippen LogP contribution in [0.15, 0.2) is 78.9 Å². The van der Waals surface area contributed by atoms with Gasteiger partial charge in [0.1, 0.15) is 11.6 Å². The molecular formula is C44H54FN5O2. The fourth-order valence-corrected chi connectivity index (χ4v) is 10.9. The van der Waals surface area contributed by atoms with E-state index in [4.69, 9.17) is 4.98 Å². The lowest BCUT2D eigenvalue weighted by Crippen LogP contribution is -2.54. The number of nitrogens with zero attached hydrogens (tertiary/aromatic N) is 4. The summed E-state index contributed by atoms with van der Waals surface area (Å²) in [4.78, 5) is 37.7. The van der Waals surface area contributed by atoms with Gasteiger partial charge in [0.2, 0.25) is 11.8 Å². The number of hydrogen-bond donors (Lipinski definition) is 1. The number of halogens is 1. The molecule has 4 heterocycles. The summed E-state index contributed by atoms with van der Waals surface area (Å²) in [5.41, 5.74) is 2.82. The van der Waals surface area contributed by atoms with Crippen molar-refractivity contribution in [3.05, 3.63) is 96.1 Å². The van der Waals surface area contributed by atoms with E-state index in [0.717, 1.165) is 61.2 Å². The summed E-state index contributed by atoms with van der Waals surface area (Å²) in [5, 5.41) is 3.10. The smallest absolute Gasteiger partial charge is 0.229 e. The number of imidazole rings is 1. The molecule has 2 bridgehead atoms. The monoisotopic (exact) mass is 703 g/mol. The second kappa shape index (κ2) is 13.4. The van der Waals surface area contributed by atoms with Crippen molar-refractivity contribution in [3.63, 3.8) is 0 Å². The van der Waals surface area contributed by atoms with Gasteiger partial charge in [-0.2, -0.15) is 0 Å². The molecular weight excluding hydrogens is 650 g/mol. The average Bonchev–Trinajstić information content (AvgIpc) is 3.70. The number of para-hydroxylation sites is 3. The molecule has 4 aliphatic rings. The number of nitrogens with one attached hydrogen (secondary N) is 1. The Morgan fingerprint density at radius 1 is 0.846 bits per heavy atom. The fourth-order valence-electron chi connectivity index (χ4n) is 10.9. The quantitative estimate of drug-likeness (QED) is 0.199. The van der Waals surface area contributed by atoms with Gasteiger partial charge in [-0.3, -0.25) is 14.5 Å². The molecule has 1 N–H and O–H groups in total. The molecule has 3 unspecified atom stereocenters. The first-order valence-corrected chi connectivity index (χ1v) is 19.6. The van der Waals surface area contributed by atoms with Crippen molar-refractivity contribution >= 4 is 28.5 Å². The second-order valence-electron chi connectivity index (χ2n) is 17.1. The Morgan fingerprint density at radius 3 is 2.25 bits per heavy atom. The standard InChI is InChI=1S/C44H54FN5O2/c1-30-46-38-15-8-9-16-39(38)50(30)36-28-34-17-18-35(29-36)49(34)26-23-44(31-11-10-12-32(45)27-31)21-24-48(25-22-44)41(52)43(4)20-19-37(42(43,2)3)40(51)47-33-13-6-5-7-14-33/h5-16,27,34-37H,17-26,28-29H2,1-4H3,(H,47,51)/t34-,35+,36?,37?,43?. The van der Waals surface area contributed by atoms with Crippen LogP contribution in [0.3, 0.4) is 0 Å². The third-order valence-corrected chi connectivity index (χ3v) is 14.3. The molecule has 1 aromatic heterocycles. The zero-order chi connectivity index (χ0) is 36.3. The van der Waals surface area contributed by atoms with Crippen molar-refractivity contribution in [2.75, 3.05) is 25.0 Å². The molecule has 52 heavy (non-hydrogen) atoms. The van der Waals surface area contributed by atoms with Crippen molar-refractivity contribution in [1.82, 2.24) is 19.4 Å². The molecule has 4 aromatic rings. The van der Waals surface area contributed by atoms with Gasteiger partial charge >= 0.3 is 0 Å². The third kappa shape index (κ3) is 5.95. The van der Waals surface area contributed by atoms with Crippen molar-refractivity contribution in [1.29, 1.82) is 0 Å². The number of fused-ring (bicyclic) bond motifs is 3. The zero-order valence-electron chi connectivity index (χ0n) is 31.3. The maximum Gasteiger partial charge on any atom is 0.229 e. The Balaban J connectivity index is 0.960. The lowest BCUT2D eigenvalue weighted by molar-refractivity contribution is -0.150. The van der Waals surface area contributed by atoms with Gasteiger partial charge in [-0.25, -0.2) is 9.37 Å². The molecule has 1 aliphatic carbocycles. The van der Waals surface area contributed by atoms with Crippen LogP contribution < -0.4 is 5.32 Å². The summed E-state index contributed by atoms with van der Waals surface area (Å²) < 4.78 is 17.3. The highest BCUT2D eigenvalue weighted by Crippen LogP contribution is 2.57. The van der Waals surface area contributed by atoms with Gasteiger partial charge in [-0.05, 0) is 124 Å². The van der Waals surface area contributed by atoms with E-state index in [1.165, 1.54) is 24.4 Å². The molecule has 3 saturated heterocycles. The van der Waals surface area contributed by atoms with E-state index in [0.29, 0.717) is 44.1 Å². The van der Waals surface area contributed by atoms with Gasteiger partial charge < -0.3 is 14.8 Å². The largest absolute Gasteiger partial charge is 0.342 e. The number of amides is 2. The highest BCUT2D eigenvalue weighted by atomic mass is 19.1. The molecule has 3 aliphatic heterocycles. The summed E-state index contributed by atoms with van der Waals surface area (Å²) in [6.07, 6.45) is 8.65. The van der Waals surface area contributed by atoms with Gasteiger partial charge in [0.15, 0.2) is 0 Å². The van der Waals surface area contributed by atoms with E-state index in [9.17, 15) is 14.0 Å². The first-order valence-electron chi connectivity index (χ1n) is 19.6. The number of aryl methyl sites for hydroxylation is 1. The number of carbonyl (C=O) groups is 2. The molecule has 8 heteroatoms. The number of piperidine rings is 2. The Hall–Kier alpha value is -4.04. The van der Waals surface area contributed by atoms with Crippen molar-refractivity contribution in [2.45, 2.75) is 109 Å². The molecule has 0 radical (unpaired) electrons. The molecule has 2 amide bonds. The molecule has 274 valence electrons. The van der Waals surface area contributed by atoms with Crippen LogP contribution in [0.5, 0.6) is 0 Å². The van der Waals surface area contributed by atoms with Crippen LogP contribution in [0.2, 0.25) is 0 Å². The topological polar surface area (TPSA) is 70.5 Å². The predicted molar refractivity (Wildman–Crippen MR) is 204 cm³/mol. The molecule has 5 atom stereocenters.